The van der Waals surface area contributed by atoms with Crippen LogP contribution in [-0.2, 0) is 15.6 Å². The van der Waals surface area contributed by atoms with Crippen molar-refractivity contribution in [3.8, 4) is 0 Å². The lowest BCUT2D eigenvalue weighted by Gasteiger charge is -2.34. The average Bonchev–Trinajstić information content (AvgIpc) is 2.44. The van der Waals surface area contributed by atoms with Crippen LogP contribution >= 0.6 is 11.6 Å². The molecule has 8 heteroatoms. The smallest absolute Gasteiger partial charge is 0.226 e. The molecule has 0 saturated carbocycles. The number of aromatic nitrogens is 2. The number of carbonyl (C=O) groups excluding carboxylic acids is 1. The maximum Gasteiger partial charge on any atom is 0.226 e. The lowest BCUT2D eigenvalue weighted by Crippen LogP contribution is -2.47. The van der Waals surface area contributed by atoms with Crippen LogP contribution < -0.4 is 10.2 Å². The second kappa shape index (κ2) is 4.47. The molecular weight excluding hydrogens is 276 g/mol. The van der Waals surface area contributed by atoms with Crippen molar-refractivity contribution in [3.63, 3.8) is 0 Å². The molecule has 6 nitrogen and oxygen atoms in total. The number of hydrogen-bond acceptors (Lipinski definition) is 5. The Morgan fingerprint density at radius 1 is 1.56 bits per heavy atom. The Morgan fingerprint density at radius 2 is 2.39 bits per heavy atom. The van der Waals surface area contributed by atoms with Crippen LogP contribution in [0, 0.1) is 0 Å². The molecule has 1 amide bonds. The number of halogens is 1. The maximum atomic E-state index is 11.8. The lowest BCUT2D eigenvalue weighted by atomic mass is 10.2. The van der Waals surface area contributed by atoms with Gasteiger partial charge in [-0.25, -0.2) is 4.98 Å². The van der Waals surface area contributed by atoms with E-state index in [2.05, 4.69) is 15.3 Å². The summed E-state index contributed by atoms with van der Waals surface area (Å²) in [5.41, 5.74) is 0.569. The van der Waals surface area contributed by atoms with Crippen molar-refractivity contribution in [2.75, 3.05) is 28.3 Å². The van der Waals surface area contributed by atoms with E-state index in [-0.39, 0.29) is 17.2 Å². The summed E-state index contributed by atoms with van der Waals surface area (Å²) in [6, 6.07) is -0.0770. The Labute approximate surface area is 111 Å². The van der Waals surface area contributed by atoms with Crippen molar-refractivity contribution in [1.29, 1.82) is 0 Å². The molecule has 1 aromatic heterocycles. The molecule has 1 N–H and O–H groups in total. The molecule has 18 heavy (non-hydrogen) atoms. The summed E-state index contributed by atoms with van der Waals surface area (Å²) >= 11 is 5.80. The summed E-state index contributed by atoms with van der Waals surface area (Å²) in [5, 5.41) is 2.91. The first-order chi connectivity index (χ1) is 8.63. The minimum atomic E-state index is -0.861. The van der Waals surface area contributed by atoms with E-state index in [1.54, 1.807) is 0 Å². The molecule has 2 atom stereocenters. The van der Waals surface area contributed by atoms with Gasteiger partial charge in [-0.1, -0.05) is 0 Å². The van der Waals surface area contributed by atoms with Gasteiger partial charge < -0.3 is 10.2 Å². The predicted molar refractivity (Wildman–Crippen MR) is 69.3 cm³/mol. The summed E-state index contributed by atoms with van der Waals surface area (Å²) in [5.74, 6) is 1.61. The van der Waals surface area contributed by atoms with Crippen molar-refractivity contribution >= 4 is 39.8 Å². The molecule has 3 heterocycles. The first-order valence-corrected chi connectivity index (χ1v) is 7.44. The molecular formula is C10H11ClN4O2S. The van der Waals surface area contributed by atoms with Crippen LogP contribution in [0.1, 0.15) is 6.42 Å². The fraction of sp³-hybridized carbons (Fsp3) is 0.500. The molecule has 0 radical (unpaired) electrons. The van der Waals surface area contributed by atoms with Crippen molar-refractivity contribution in [2.24, 2.45) is 0 Å². The molecule has 0 spiro atoms. The summed E-state index contributed by atoms with van der Waals surface area (Å²) in [6.45, 7) is 0.618. The highest BCUT2D eigenvalue weighted by Crippen LogP contribution is 2.31. The predicted octanol–water partition coefficient (Wildman–Crippen LogP) is 0.409. The number of anilines is 2. The van der Waals surface area contributed by atoms with Crippen LogP contribution in [0.4, 0.5) is 11.5 Å². The fourth-order valence-electron chi connectivity index (χ4n) is 2.29. The fourth-order valence-corrected chi connectivity index (χ4v) is 3.72. The Balaban J connectivity index is 2.06. The maximum absolute atomic E-state index is 11.8. The highest BCUT2D eigenvalue weighted by atomic mass is 35.5. The molecule has 0 bridgehead atoms. The normalized spacial score (nSPS) is 26.9. The number of nitrogens with zero attached hydrogens (tertiary/aromatic N) is 3. The van der Waals surface area contributed by atoms with Gasteiger partial charge in [-0.05, 0) is 11.6 Å². The van der Waals surface area contributed by atoms with Gasteiger partial charge in [0.15, 0.2) is 5.82 Å². The van der Waals surface area contributed by atoms with E-state index in [0.717, 1.165) is 0 Å². The number of fused-ring (bicyclic) bond motifs is 3. The van der Waals surface area contributed by atoms with Crippen LogP contribution in [0.5, 0.6) is 0 Å². The Bertz CT molecular complexity index is 539. The van der Waals surface area contributed by atoms with Crippen LogP contribution in [0.15, 0.2) is 6.20 Å². The molecule has 1 fully saturated rings. The Morgan fingerprint density at radius 3 is 3.22 bits per heavy atom. The number of amides is 1. The van der Waals surface area contributed by atoms with Gasteiger partial charge in [0.1, 0.15) is 5.69 Å². The zero-order chi connectivity index (χ0) is 12.7. The average molecular weight is 287 g/mol. The van der Waals surface area contributed by atoms with E-state index in [9.17, 15) is 9.00 Å². The topological polar surface area (TPSA) is 75.2 Å². The second-order valence-electron chi connectivity index (χ2n) is 4.29. The monoisotopic (exact) mass is 286 g/mol. The summed E-state index contributed by atoms with van der Waals surface area (Å²) < 4.78 is 11.6. The standard InChI is InChI=1S/C10H11ClN4O2S/c11-10-12-4-7-9(14-10)15-1-2-18(17)5-6(15)3-8(16)13-7/h4,6H,1-3,5H2,(H,13,16). The van der Waals surface area contributed by atoms with Gasteiger partial charge in [0.25, 0.3) is 0 Å². The number of nitrogens with one attached hydrogen (secondary N) is 1. The van der Waals surface area contributed by atoms with Crippen molar-refractivity contribution in [1.82, 2.24) is 9.97 Å². The Kier molecular flexibility index (Phi) is 2.95. The quantitative estimate of drug-likeness (QED) is 0.699. The minimum Gasteiger partial charge on any atom is -0.349 e. The van der Waals surface area contributed by atoms with Crippen molar-refractivity contribution in [3.05, 3.63) is 11.5 Å². The molecule has 96 valence electrons. The third kappa shape index (κ3) is 2.08. The first kappa shape index (κ1) is 11.9. The van der Waals surface area contributed by atoms with Crippen LogP contribution in [0.25, 0.3) is 0 Å². The zero-order valence-corrected chi connectivity index (χ0v) is 11.0. The lowest BCUT2D eigenvalue weighted by molar-refractivity contribution is -0.116. The van der Waals surface area contributed by atoms with Crippen molar-refractivity contribution in [2.45, 2.75) is 12.5 Å². The molecule has 0 aliphatic carbocycles. The van der Waals surface area contributed by atoms with E-state index >= 15 is 0 Å². The second-order valence-corrected chi connectivity index (χ2v) is 6.25. The largest absolute Gasteiger partial charge is 0.349 e. The van der Waals surface area contributed by atoms with E-state index in [1.165, 1.54) is 6.20 Å². The van der Waals surface area contributed by atoms with E-state index in [1.807, 2.05) is 4.90 Å². The number of carbonyl (C=O) groups is 1. The molecule has 3 rings (SSSR count). The van der Waals surface area contributed by atoms with E-state index < -0.39 is 10.8 Å². The SMILES string of the molecule is O=C1CC2CS(=O)CCN2c2nc(Cl)ncc2N1. The van der Waals surface area contributed by atoms with Crippen LogP contribution in [-0.4, -0.2) is 44.2 Å². The third-order valence-corrected chi connectivity index (χ3v) is 4.66. The number of rotatable bonds is 0. The summed E-state index contributed by atoms with van der Waals surface area (Å²) in [6.07, 6.45) is 1.83. The van der Waals surface area contributed by atoms with Crippen LogP contribution in [0.3, 0.4) is 0 Å². The van der Waals surface area contributed by atoms with Gasteiger partial charge in [-0.15, -0.1) is 0 Å². The first-order valence-electron chi connectivity index (χ1n) is 5.57. The molecule has 2 unspecified atom stereocenters. The Hall–Kier alpha value is -1.21. The molecule has 1 saturated heterocycles. The van der Waals surface area contributed by atoms with E-state index in [0.29, 0.717) is 36.0 Å². The van der Waals surface area contributed by atoms with Crippen molar-refractivity contribution < 1.29 is 9.00 Å². The van der Waals surface area contributed by atoms with Crippen LogP contribution in [0.2, 0.25) is 5.28 Å². The van der Waals surface area contributed by atoms with Gasteiger partial charge in [0.2, 0.25) is 11.2 Å². The third-order valence-electron chi connectivity index (χ3n) is 3.09. The molecule has 2 aliphatic heterocycles. The highest BCUT2D eigenvalue weighted by molar-refractivity contribution is 7.85. The zero-order valence-electron chi connectivity index (χ0n) is 9.43. The number of hydrogen-bond donors (Lipinski definition) is 1. The minimum absolute atomic E-state index is 0.0770. The molecule has 1 aromatic rings. The van der Waals surface area contributed by atoms with Gasteiger partial charge in [-0.2, -0.15) is 4.98 Å². The van der Waals surface area contributed by atoms with Gasteiger partial charge in [0, 0.05) is 35.3 Å². The highest BCUT2D eigenvalue weighted by Gasteiger charge is 2.33. The summed E-state index contributed by atoms with van der Waals surface area (Å²) in [7, 11) is -0.861. The van der Waals surface area contributed by atoms with E-state index in [4.69, 9.17) is 11.6 Å². The van der Waals surface area contributed by atoms with Gasteiger partial charge in [-0.3, -0.25) is 9.00 Å². The molecule has 0 aromatic carbocycles. The van der Waals surface area contributed by atoms with Gasteiger partial charge >= 0.3 is 0 Å². The molecule has 2 aliphatic rings. The van der Waals surface area contributed by atoms with Gasteiger partial charge in [0.05, 0.1) is 12.2 Å². The summed E-state index contributed by atoms with van der Waals surface area (Å²) in [4.78, 5) is 21.8.